The van der Waals surface area contributed by atoms with Crippen molar-refractivity contribution in [1.29, 1.82) is 0 Å². The molecule has 0 aromatic heterocycles. The van der Waals surface area contributed by atoms with Crippen LogP contribution in [0, 0.1) is 0 Å². The average Bonchev–Trinajstić information content (AvgIpc) is 2.33. The average molecular weight is 241 g/mol. The maximum absolute atomic E-state index is 11.7. The fourth-order valence-corrected chi connectivity index (χ4v) is 1.64. The summed E-state index contributed by atoms with van der Waals surface area (Å²) in [7, 11) is 0. The van der Waals surface area contributed by atoms with Crippen molar-refractivity contribution in [2.24, 2.45) is 0 Å². The van der Waals surface area contributed by atoms with Crippen molar-refractivity contribution < 1.29 is 9.53 Å². The molecule has 1 aromatic carbocycles. The molecule has 0 radical (unpaired) electrons. The zero-order chi connectivity index (χ0) is 11.4. The van der Waals surface area contributed by atoms with Crippen LogP contribution in [0.1, 0.15) is 0 Å². The number of carbonyl (C=O) groups is 1. The number of benzene rings is 1. The molecule has 1 aliphatic rings. The van der Waals surface area contributed by atoms with Crippen molar-refractivity contribution in [1.82, 2.24) is 10.2 Å². The Kier molecular flexibility index (Phi) is 3.64. The third-order valence-corrected chi connectivity index (χ3v) is 2.65. The van der Waals surface area contributed by atoms with Crippen LogP contribution < -0.4 is 10.1 Å². The van der Waals surface area contributed by atoms with Gasteiger partial charge < -0.3 is 15.0 Å². The first-order chi connectivity index (χ1) is 7.75. The van der Waals surface area contributed by atoms with Crippen molar-refractivity contribution >= 4 is 17.7 Å². The number of halogens is 1. The Morgan fingerprint density at radius 1 is 1.25 bits per heavy atom. The maximum atomic E-state index is 11.7. The van der Waals surface area contributed by atoms with Gasteiger partial charge in [-0.15, -0.1) is 0 Å². The van der Waals surface area contributed by atoms with Gasteiger partial charge in [0.25, 0.3) is 0 Å². The van der Waals surface area contributed by atoms with E-state index < -0.39 is 0 Å². The molecule has 4 nitrogen and oxygen atoms in total. The van der Waals surface area contributed by atoms with Crippen molar-refractivity contribution in [3.63, 3.8) is 0 Å². The molecule has 86 valence electrons. The van der Waals surface area contributed by atoms with E-state index in [1.165, 1.54) is 0 Å². The number of amides is 1. The molecule has 1 fully saturated rings. The van der Waals surface area contributed by atoms with Crippen LogP contribution >= 0.6 is 11.6 Å². The number of piperazine rings is 1. The minimum atomic E-state index is -0.302. The first-order valence-electron chi connectivity index (χ1n) is 5.19. The molecule has 0 spiro atoms. The van der Waals surface area contributed by atoms with Crippen LogP contribution in [-0.4, -0.2) is 37.2 Å². The zero-order valence-electron chi connectivity index (χ0n) is 8.78. The van der Waals surface area contributed by atoms with E-state index in [0.717, 1.165) is 13.1 Å². The third kappa shape index (κ3) is 2.87. The van der Waals surface area contributed by atoms with E-state index in [2.05, 4.69) is 5.32 Å². The number of hydrogen-bond donors (Lipinski definition) is 1. The van der Waals surface area contributed by atoms with E-state index in [1.807, 2.05) is 0 Å². The highest BCUT2D eigenvalue weighted by atomic mass is 35.5. The Morgan fingerprint density at radius 3 is 2.50 bits per heavy atom. The molecular formula is C11H13ClN2O2. The quantitative estimate of drug-likeness (QED) is 0.813. The minimum Gasteiger partial charge on any atom is -0.410 e. The van der Waals surface area contributed by atoms with Crippen molar-refractivity contribution in [2.75, 3.05) is 26.2 Å². The zero-order valence-corrected chi connectivity index (χ0v) is 9.54. The number of nitrogens with one attached hydrogen (secondary N) is 1. The largest absolute Gasteiger partial charge is 0.415 e. The van der Waals surface area contributed by atoms with Crippen molar-refractivity contribution in [2.45, 2.75) is 0 Å². The summed E-state index contributed by atoms with van der Waals surface area (Å²) >= 11 is 5.74. The first-order valence-corrected chi connectivity index (χ1v) is 5.56. The predicted octanol–water partition coefficient (Wildman–Crippen LogP) is 1.74. The van der Waals surface area contributed by atoms with Gasteiger partial charge in [-0.3, -0.25) is 0 Å². The lowest BCUT2D eigenvalue weighted by molar-refractivity contribution is 0.146. The molecule has 1 heterocycles. The van der Waals surface area contributed by atoms with Gasteiger partial charge in [-0.2, -0.15) is 0 Å². The van der Waals surface area contributed by atoms with Crippen LogP contribution in [0.5, 0.6) is 5.75 Å². The summed E-state index contributed by atoms with van der Waals surface area (Å²) in [5.41, 5.74) is 0. The minimum absolute atomic E-state index is 0.302. The van der Waals surface area contributed by atoms with Gasteiger partial charge in [0.15, 0.2) is 0 Å². The highest BCUT2D eigenvalue weighted by Gasteiger charge is 2.17. The number of carbonyl (C=O) groups excluding carboxylic acids is 1. The summed E-state index contributed by atoms with van der Waals surface area (Å²) < 4.78 is 5.21. The Hall–Kier alpha value is -1.26. The molecule has 0 saturated carbocycles. The Balaban J connectivity index is 1.93. The monoisotopic (exact) mass is 240 g/mol. The second kappa shape index (κ2) is 5.18. The van der Waals surface area contributed by atoms with Crippen molar-refractivity contribution in [3.8, 4) is 5.75 Å². The first kappa shape index (κ1) is 11.2. The fraction of sp³-hybridized carbons (Fsp3) is 0.364. The summed E-state index contributed by atoms with van der Waals surface area (Å²) in [6.07, 6.45) is -0.302. The van der Waals surface area contributed by atoms with E-state index >= 15 is 0 Å². The summed E-state index contributed by atoms with van der Waals surface area (Å²) in [4.78, 5) is 13.4. The van der Waals surface area contributed by atoms with Crippen molar-refractivity contribution in [3.05, 3.63) is 29.3 Å². The second-order valence-corrected chi connectivity index (χ2v) is 4.00. The Morgan fingerprint density at radius 2 is 1.88 bits per heavy atom. The smallest absolute Gasteiger partial charge is 0.410 e. The van der Waals surface area contributed by atoms with E-state index in [1.54, 1.807) is 29.2 Å². The second-order valence-electron chi connectivity index (χ2n) is 3.56. The van der Waals surface area contributed by atoms with Gasteiger partial charge in [-0.25, -0.2) is 4.79 Å². The lowest BCUT2D eigenvalue weighted by Gasteiger charge is -2.26. The summed E-state index contributed by atoms with van der Waals surface area (Å²) in [6.45, 7) is 3.00. The highest BCUT2D eigenvalue weighted by molar-refractivity contribution is 6.30. The molecule has 1 aliphatic heterocycles. The third-order valence-electron chi connectivity index (χ3n) is 2.39. The SMILES string of the molecule is O=C(Oc1ccc(Cl)cc1)N1CCNCC1. The lowest BCUT2D eigenvalue weighted by Crippen LogP contribution is -2.47. The van der Waals surface area contributed by atoms with Crippen LogP contribution in [0.2, 0.25) is 5.02 Å². The van der Waals surface area contributed by atoms with Crippen LogP contribution in [0.25, 0.3) is 0 Å². The molecule has 5 heteroatoms. The Bertz CT molecular complexity index is 361. The molecule has 1 N–H and O–H groups in total. The molecule has 16 heavy (non-hydrogen) atoms. The summed E-state index contributed by atoms with van der Waals surface area (Å²) in [5.74, 6) is 0.521. The normalized spacial score (nSPS) is 15.9. The topological polar surface area (TPSA) is 41.6 Å². The van der Waals surface area contributed by atoms with E-state index in [-0.39, 0.29) is 6.09 Å². The molecule has 1 saturated heterocycles. The number of rotatable bonds is 1. The van der Waals surface area contributed by atoms with Gasteiger partial charge >= 0.3 is 6.09 Å². The maximum Gasteiger partial charge on any atom is 0.415 e. The number of ether oxygens (including phenoxy) is 1. The highest BCUT2D eigenvalue weighted by Crippen LogP contribution is 2.16. The van der Waals surface area contributed by atoms with Gasteiger partial charge in [0.2, 0.25) is 0 Å². The molecule has 0 atom stereocenters. The van der Waals surface area contributed by atoms with E-state index in [9.17, 15) is 4.79 Å². The molecule has 0 bridgehead atoms. The molecular weight excluding hydrogens is 228 g/mol. The van der Waals surface area contributed by atoms with Gasteiger partial charge in [-0.1, -0.05) is 11.6 Å². The van der Waals surface area contributed by atoms with Crippen LogP contribution in [0.4, 0.5) is 4.79 Å². The predicted molar refractivity (Wildman–Crippen MR) is 61.9 cm³/mol. The fourth-order valence-electron chi connectivity index (χ4n) is 1.52. The summed E-state index contributed by atoms with van der Waals surface area (Å²) in [6, 6.07) is 6.76. The molecule has 1 aromatic rings. The number of hydrogen-bond acceptors (Lipinski definition) is 3. The molecule has 0 aliphatic carbocycles. The molecule has 0 unspecified atom stereocenters. The van der Waals surface area contributed by atoms with Gasteiger partial charge in [0.05, 0.1) is 0 Å². The van der Waals surface area contributed by atoms with Crippen LogP contribution in [-0.2, 0) is 0 Å². The summed E-state index contributed by atoms with van der Waals surface area (Å²) in [5, 5.41) is 3.80. The molecule has 1 amide bonds. The molecule has 2 rings (SSSR count). The van der Waals surface area contributed by atoms with Crippen LogP contribution in [0.15, 0.2) is 24.3 Å². The van der Waals surface area contributed by atoms with Crippen LogP contribution in [0.3, 0.4) is 0 Å². The van der Waals surface area contributed by atoms with Gasteiger partial charge in [-0.05, 0) is 24.3 Å². The number of nitrogens with zero attached hydrogens (tertiary/aromatic N) is 1. The Labute approximate surface area is 99.1 Å². The standard InChI is InChI=1S/C11H13ClN2O2/c12-9-1-3-10(4-2-9)16-11(15)14-7-5-13-6-8-14/h1-4,13H,5-8H2. The lowest BCUT2D eigenvalue weighted by atomic mass is 10.3. The van der Waals surface area contributed by atoms with Gasteiger partial charge in [0.1, 0.15) is 5.75 Å². The van der Waals surface area contributed by atoms with Gasteiger partial charge in [0, 0.05) is 31.2 Å². The van der Waals surface area contributed by atoms with E-state index in [4.69, 9.17) is 16.3 Å². The van der Waals surface area contributed by atoms with E-state index in [0.29, 0.717) is 23.9 Å².